The second-order valence-corrected chi connectivity index (χ2v) is 3.93. The maximum atomic E-state index is 2.30. The summed E-state index contributed by atoms with van der Waals surface area (Å²) in [5.41, 5.74) is 2.78. The maximum absolute atomic E-state index is 2.30. The summed E-state index contributed by atoms with van der Waals surface area (Å²) in [6.07, 6.45) is 2.40. The molecule has 0 nitrogen and oxygen atoms in total. The molecule has 0 aromatic heterocycles. The minimum absolute atomic E-state index is 1.18. The van der Waals surface area contributed by atoms with Gasteiger partial charge in [-0.2, -0.15) is 0 Å². The van der Waals surface area contributed by atoms with Crippen molar-refractivity contribution in [2.45, 2.75) is 26.7 Å². The lowest BCUT2D eigenvalue weighted by Gasteiger charge is -2.03. The maximum Gasteiger partial charge on any atom is -0.0181 e. The van der Waals surface area contributed by atoms with Gasteiger partial charge in [-0.15, -0.1) is 0 Å². The summed E-state index contributed by atoms with van der Waals surface area (Å²) in [5, 5.41) is 2.71. The van der Waals surface area contributed by atoms with Gasteiger partial charge in [-0.25, -0.2) is 0 Å². The van der Waals surface area contributed by atoms with E-state index in [1.165, 1.54) is 34.7 Å². The second-order valence-electron chi connectivity index (χ2n) is 3.93. The average Bonchev–Trinajstić information content (AvgIpc) is 2.19. The fourth-order valence-corrected chi connectivity index (χ4v) is 1.86. The van der Waals surface area contributed by atoms with E-state index < -0.39 is 0 Å². The third kappa shape index (κ3) is 1.79. The van der Waals surface area contributed by atoms with Crippen molar-refractivity contribution in [2.75, 3.05) is 0 Å². The first-order chi connectivity index (χ1) is 6.79. The lowest BCUT2D eigenvalue weighted by molar-refractivity contribution is 0.924. The molecule has 2 aromatic carbocycles. The molecular formula is C14H16. The average molecular weight is 184 g/mol. The van der Waals surface area contributed by atoms with Crippen LogP contribution in [0.15, 0.2) is 36.4 Å². The zero-order valence-electron chi connectivity index (χ0n) is 8.88. The largest absolute Gasteiger partial charge is 0.0651 e. The van der Waals surface area contributed by atoms with Crippen LogP contribution in [-0.2, 0) is 6.42 Å². The quantitative estimate of drug-likeness (QED) is 0.659. The Labute approximate surface area is 85.6 Å². The van der Waals surface area contributed by atoms with E-state index in [0.717, 1.165) is 0 Å². The first-order valence-corrected chi connectivity index (χ1v) is 5.29. The smallest absolute Gasteiger partial charge is 0.0181 e. The molecule has 0 saturated heterocycles. The van der Waals surface area contributed by atoms with Crippen LogP contribution >= 0.6 is 0 Å². The molecule has 2 rings (SSSR count). The van der Waals surface area contributed by atoms with Gasteiger partial charge in [-0.3, -0.25) is 0 Å². The van der Waals surface area contributed by atoms with Crippen molar-refractivity contribution in [2.24, 2.45) is 0 Å². The number of aryl methyl sites for hydroxylation is 2. The van der Waals surface area contributed by atoms with Crippen LogP contribution in [0.25, 0.3) is 10.8 Å². The minimum Gasteiger partial charge on any atom is -0.0651 e. The highest BCUT2D eigenvalue weighted by Crippen LogP contribution is 2.18. The number of hydrogen-bond donors (Lipinski definition) is 0. The molecule has 0 bridgehead atoms. The van der Waals surface area contributed by atoms with E-state index in [4.69, 9.17) is 0 Å². The fraction of sp³-hybridized carbons (Fsp3) is 0.286. The first kappa shape index (κ1) is 9.26. The number of rotatable bonds is 2. The highest BCUT2D eigenvalue weighted by Gasteiger charge is 1.95. The van der Waals surface area contributed by atoms with E-state index in [1.807, 2.05) is 0 Å². The molecule has 14 heavy (non-hydrogen) atoms. The summed E-state index contributed by atoms with van der Waals surface area (Å²) >= 11 is 0. The molecule has 0 unspecified atom stereocenters. The topological polar surface area (TPSA) is 0 Å². The van der Waals surface area contributed by atoms with Crippen LogP contribution in [0.2, 0.25) is 0 Å². The Morgan fingerprint density at radius 3 is 2.43 bits per heavy atom. The van der Waals surface area contributed by atoms with Crippen molar-refractivity contribution in [3.8, 4) is 0 Å². The SMILES string of the molecule is CCCc1ccc2cc(C)ccc2c1. The van der Waals surface area contributed by atoms with Crippen molar-refractivity contribution in [1.82, 2.24) is 0 Å². The summed E-state index contributed by atoms with van der Waals surface area (Å²) in [6.45, 7) is 4.36. The third-order valence-electron chi connectivity index (χ3n) is 2.60. The normalized spacial score (nSPS) is 10.7. The molecule has 0 N–H and O–H groups in total. The van der Waals surface area contributed by atoms with Crippen LogP contribution < -0.4 is 0 Å². The summed E-state index contributed by atoms with van der Waals surface area (Å²) < 4.78 is 0. The van der Waals surface area contributed by atoms with E-state index in [-0.39, 0.29) is 0 Å². The van der Waals surface area contributed by atoms with Gasteiger partial charge >= 0.3 is 0 Å². The van der Waals surface area contributed by atoms with Crippen LogP contribution in [0.1, 0.15) is 24.5 Å². The number of benzene rings is 2. The van der Waals surface area contributed by atoms with Crippen LogP contribution in [0, 0.1) is 6.92 Å². The molecule has 0 radical (unpaired) electrons. The molecule has 0 aliphatic carbocycles. The van der Waals surface area contributed by atoms with E-state index in [9.17, 15) is 0 Å². The third-order valence-corrected chi connectivity index (χ3v) is 2.60. The standard InChI is InChI=1S/C14H16/c1-3-4-12-6-8-13-9-11(2)5-7-14(13)10-12/h5-10H,3-4H2,1-2H3. The molecule has 0 aliphatic rings. The first-order valence-electron chi connectivity index (χ1n) is 5.29. The summed E-state index contributed by atoms with van der Waals surface area (Å²) in [6, 6.07) is 13.4. The Kier molecular flexibility index (Phi) is 2.53. The van der Waals surface area contributed by atoms with E-state index >= 15 is 0 Å². The van der Waals surface area contributed by atoms with Gasteiger partial charge in [0.15, 0.2) is 0 Å². The van der Waals surface area contributed by atoms with Crippen molar-refractivity contribution in [3.05, 3.63) is 47.5 Å². The zero-order chi connectivity index (χ0) is 9.97. The molecule has 0 aliphatic heterocycles. The van der Waals surface area contributed by atoms with Crippen molar-refractivity contribution >= 4 is 10.8 Å². The summed E-state index contributed by atoms with van der Waals surface area (Å²) in [5.74, 6) is 0. The molecule has 0 atom stereocenters. The van der Waals surface area contributed by atoms with Gasteiger partial charge in [-0.1, -0.05) is 55.3 Å². The number of fused-ring (bicyclic) bond motifs is 1. The molecule has 0 heteroatoms. The molecule has 0 fully saturated rings. The van der Waals surface area contributed by atoms with Crippen LogP contribution in [0.5, 0.6) is 0 Å². The van der Waals surface area contributed by atoms with E-state index in [1.54, 1.807) is 0 Å². The molecule has 0 amide bonds. The van der Waals surface area contributed by atoms with Crippen LogP contribution in [0.4, 0.5) is 0 Å². The molecule has 2 aromatic rings. The van der Waals surface area contributed by atoms with E-state index in [2.05, 4.69) is 50.2 Å². The number of hydrogen-bond acceptors (Lipinski definition) is 0. The predicted molar refractivity (Wildman–Crippen MR) is 62.7 cm³/mol. The molecular weight excluding hydrogens is 168 g/mol. The highest BCUT2D eigenvalue weighted by molar-refractivity contribution is 5.83. The zero-order valence-corrected chi connectivity index (χ0v) is 8.88. The molecule has 0 saturated carbocycles. The van der Waals surface area contributed by atoms with Crippen molar-refractivity contribution in [1.29, 1.82) is 0 Å². The highest BCUT2D eigenvalue weighted by atomic mass is 14.0. The van der Waals surface area contributed by atoms with Crippen LogP contribution in [-0.4, -0.2) is 0 Å². The van der Waals surface area contributed by atoms with Gasteiger partial charge in [-0.05, 0) is 29.7 Å². The summed E-state index contributed by atoms with van der Waals surface area (Å²) in [4.78, 5) is 0. The Morgan fingerprint density at radius 1 is 0.929 bits per heavy atom. The Balaban J connectivity index is 2.50. The van der Waals surface area contributed by atoms with Gasteiger partial charge in [0.2, 0.25) is 0 Å². The van der Waals surface area contributed by atoms with Gasteiger partial charge in [0, 0.05) is 0 Å². The Hall–Kier alpha value is -1.30. The molecule has 72 valence electrons. The predicted octanol–water partition coefficient (Wildman–Crippen LogP) is 4.10. The van der Waals surface area contributed by atoms with Gasteiger partial charge in [0.1, 0.15) is 0 Å². The minimum atomic E-state index is 1.18. The molecule has 0 spiro atoms. The Morgan fingerprint density at radius 2 is 1.64 bits per heavy atom. The molecule has 0 heterocycles. The van der Waals surface area contributed by atoms with Gasteiger partial charge in [0.25, 0.3) is 0 Å². The summed E-state index contributed by atoms with van der Waals surface area (Å²) in [7, 11) is 0. The van der Waals surface area contributed by atoms with Gasteiger partial charge < -0.3 is 0 Å². The van der Waals surface area contributed by atoms with E-state index in [0.29, 0.717) is 0 Å². The lowest BCUT2D eigenvalue weighted by Crippen LogP contribution is -1.83. The van der Waals surface area contributed by atoms with Gasteiger partial charge in [0.05, 0.1) is 0 Å². The van der Waals surface area contributed by atoms with Crippen LogP contribution in [0.3, 0.4) is 0 Å². The van der Waals surface area contributed by atoms with Crippen molar-refractivity contribution < 1.29 is 0 Å². The van der Waals surface area contributed by atoms with Crippen molar-refractivity contribution in [3.63, 3.8) is 0 Å². The second kappa shape index (κ2) is 3.83. The fourth-order valence-electron chi connectivity index (χ4n) is 1.86. The lowest BCUT2D eigenvalue weighted by atomic mass is 10.0. The Bertz CT molecular complexity index is 441. The monoisotopic (exact) mass is 184 g/mol.